The average Bonchev–Trinajstić information content (AvgIpc) is 3.73. The van der Waals surface area contributed by atoms with Crippen molar-refractivity contribution >= 4 is 33.7 Å². The van der Waals surface area contributed by atoms with E-state index in [4.69, 9.17) is 14.4 Å². The predicted octanol–water partition coefficient (Wildman–Crippen LogP) is 6.00. The average molecular weight is 512 g/mol. The van der Waals surface area contributed by atoms with Gasteiger partial charge in [-0.15, -0.1) is 0 Å². The molecule has 0 spiro atoms. The number of hydrogen-bond donors (Lipinski definition) is 3. The third kappa shape index (κ3) is 4.31. The summed E-state index contributed by atoms with van der Waals surface area (Å²) >= 11 is 0. The van der Waals surface area contributed by atoms with Gasteiger partial charge in [-0.1, -0.05) is 42.5 Å². The molecule has 3 N–H and O–H groups in total. The highest BCUT2D eigenvalue weighted by atomic mass is 16.3. The Kier molecular flexibility index (Phi) is 5.44. The predicted molar refractivity (Wildman–Crippen MR) is 149 cm³/mol. The highest BCUT2D eigenvalue weighted by Crippen LogP contribution is 2.32. The molecule has 0 atom stereocenters. The molecule has 0 saturated heterocycles. The van der Waals surface area contributed by atoms with E-state index in [9.17, 15) is 4.79 Å². The monoisotopic (exact) mass is 511 g/mol. The van der Waals surface area contributed by atoms with E-state index in [-0.39, 0.29) is 12.3 Å². The number of aromatic amines is 2. The van der Waals surface area contributed by atoms with Crippen molar-refractivity contribution < 1.29 is 9.21 Å². The van der Waals surface area contributed by atoms with Crippen molar-refractivity contribution in [2.45, 2.75) is 6.42 Å². The van der Waals surface area contributed by atoms with Gasteiger partial charge in [-0.2, -0.15) is 5.10 Å². The number of imidazole rings is 1. The Labute approximate surface area is 222 Å². The normalized spacial score (nSPS) is 11.3. The van der Waals surface area contributed by atoms with Crippen LogP contribution in [0.2, 0.25) is 0 Å². The number of anilines is 1. The standard InChI is InChI=1S/C30H21N7O2/c38-26(13-18-5-2-1-3-6-18)32-21-14-20(15-31-16-21)23-9-10-25-28(33-23)29(37-36-25)30-34-24-8-4-7-22(27(24)35-30)19-11-12-39-17-19/h1-12,14-17H,13H2,(H,32,38)(H,34,35)(H,36,37). The molecule has 0 aliphatic heterocycles. The molecule has 7 aromatic rings. The Morgan fingerprint density at radius 3 is 2.67 bits per heavy atom. The van der Waals surface area contributed by atoms with E-state index in [0.717, 1.165) is 38.8 Å². The van der Waals surface area contributed by atoms with Crippen LogP contribution >= 0.6 is 0 Å². The number of amides is 1. The molecule has 0 aliphatic carbocycles. The maximum atomic E-state index is 12.6. The van der Waals surface area contributed by atoms with E-state index in [2.05, 4.69) is 25.5 Å². The van der Waals surface area contributed by atoms with Crippen molar-refractivity contribution in [3.05, 3.63) is 103 Å². The van der Waals surface area contributed by atoms with Gasteiger partial charge in [0.25, 0.3) is 0 Å². The van der Waals surface area contributed by atoms with Gasteiger partial charge in [-0.25, -0.2) is 9.97 Å². The van der Waals surface area contributed by atoms with Crippen molar-refractivity contribution in [3.8, 4) is 33.9 Å². The molecule has 5 aromatic heterocycles. The lowest BCUT2D eigenvalue weighted by molar-refractivity contribution is -0.115. The third-order valence-electron chi connectivity index (χ3n) is 6.50. The topological polar surface area (TPSA) is 125 Å². The van der Waals surface area contributed by atoms with Crippen LogP contribution in [0.3, 0.4) is 0 Å². The molecule has 5 heterocycles. The fourth-order valence-electron chi connectivity index (χ4n) is 4.65. The van der Waals surface area contributed by atoms with Crippen LogP contribution in [0.1, 0.15) is 5.56 Å². The minimum atomic E-state index is -0.111. The number of H-pyrrole nitrogens is 2. The van der Waals surface area contributed by atoms with Crippen molar-refractivity contribution in [1.82, 2.24) is 30.1 Å². The summed E-state index contributed by atoms with van der Waals surface area (Å²) in [4.78, 5) is 30.0. The van der Waals surface area contributed by atoms with E-state index in [1.807, 2.05) is 72.8 Å². The van der Waals surface area contributed by atoms with Crippen LogP contribution in [0, 0.1) is 0 Å². The van der Waals surface area contributed by atoms with Crippen LogP contribution in [0.4, 0.5) is 5.69 Å². The molecule has 0 radical (unpaired) electrons. The Balaban J connectivity index is 1.21. The first-order valence-electron chi connectivity index (χ1n) is 12.4. The zero-order valence-corrected chi connectivity index (χ0v) is 20.6. The number of carbonyl (C=O) groups excluding carboxylic acids is 1. The zero-order valence-electron chi connectivity index (χ0n) is 20.6. The summed E-state index contributed by atoms with van der Waals surface area (Å²) in [6.45, 7) is 0. The zero-order chi connectivity index (χ0) is 26.2. The maximum Gasteiger partial charge on any atom is 0.228 e. The molecule has 9 nitrogen and oxygen atoms in total. The lowest BCUT2D eigenvalue weighted by Crippen LogP contribution is -2.14. The lowest BCUT2D eigenvalue weighted by atomic mass is 10.1. The van der Waals surface area contributed by atoms with Gasteiger partial charge >= 0.3 is 0 Å². The number of aromatic nitrogens is 6. The molecular formula is C30H21N7O2. The molecular weight excluding hydrogens is 490 g/mol. The first-order chi connectivity index (χ1) is 19.2. The molecule has 9 heteroatoms. The third-order valence-corrected chi connectivity index (χ3v) is 6.50. The van der Waals surface area contributed by atoms with Gasteiger partial charge in [0.1, 0.15) is 5.52 Å². The number of pyridine rings is 2. The van der Waals surface area contributed by atoms with Crippen LogP contribution in [0.5, 0.6) is 0 Å². The van der Waals surface area contributed by atoms with Crippen LogP contribution in [0.25, 0.3) is 56.0 Å². The second-order valence-corrected chi connectivity index (χ2v) is 9.14. The van der Waals surface area contributed by atoms with Gasteiger partial charge in [0, 0.05) is 22.9 Å². The van der Waals surface area contributed by atoms with Crippen LogP contribution in [-0.2, 0) is 11.2 Å². The first kappa shape index (κ1) is 22.6. The quantitative estimate of drug-likeness (QED) is 0.251. The number of hydrogen-bond acceptors (Lipinski definition) is 6. The second kappa shape index (κ2) is 9.38. The van der Waals surface area contributed by atoms with Gasteiger partial charge in [0.2, 0.25) is 5.91 Å². The first-order valence-corrected chi connectivity index (χ1v) is 12.4. The molecule has 2 aromatic carbocycles. The van der Waals surface area contributed by atoms with Gasteiger partial charge in [-0.3, -0.25) is 14.9 Å². The van der Waals surface area contributed by atoms with E-state index < -0.39 is 0 Å². The van der Waals surface area contributed by atoms with Crippen molar-refractivity contribution in [2.75, 3.05) is 5.32 Å². The van der Waals surface area contributed by atoms with Crippen LogP contribution < -0.4 is 5.32 Å². The number of rotatable bonds is 6. The Bertz CT molecular complexity index is 1940. The summed E-state index contributed by atoms with van der Waals surface area (Å²) in [6, 6.07) is 23.2. The Morgan fingerprint density at radius 2 is 1.79 bits per heavy atom. The molecule has 7 rings (SSSR count). The van der Waals surface area contributed by atoms with E-state index >= 15 is 0 Å². The number of nitrogens with zero attached hydrogens (tertiary/aromatic N) is 4. The largest absolute Gasteiger partial charge is 0.472 e. The smallest absolute Gasteiger partial charge is 0.228 e. The maximum absolute atomic E-state index is 12.6. The molecule has 0 saturated carbocycles. The minimum absolute atomic E-state index is 0.111. The number of fused-ring (bicyclic) bond motifs is 2. The van der Waals surface area contributed by atoms with Gasteiger partial charge in [0.05, 0.1) is 53.1 Å². The van der Waals surface area contributed by atoms with Crippen molar-refractivity contribution in [2.24, 2.45) is 0 Å². The SMILES string of the molecule is O=C(Cc1ccccc1)Nc1cncc(-c2ccc3[nH]nc(-c4nc5c(-c6ccoc6)cccc5[nH]4)c3n2)c1. The van der Waals surface area contributed by atoms with Crippen molar-refractivity contribution in [1.29, 1.82) is 0 Å². The van der Waals surface area contributed by atoms with Gasteiger partial charge < -0.3 is 14.7 Å². The second-order valence-electron chi connectivity index (χ2n) is 9.14. The molecule has 0 unspecified atom stereocenters. The van der Waals surface area contributed by atoms with E-state index in [0.29, 0.717) is 28.4 Å². The number of carbonyl (C=O) groups is 1. The molecule has 1 amide bonds. The van der Waals surface area contributed by atoms with Crippen LogP contribution in [0.15, 0.2) is 102 Å². The Hall–Kier alpha value is -5.57. The molecule has 39 heavy (non-hydrogen) atoms. The number of benzene rings is 2. The van der Waals surface area contributed by atoms with Gasteiger partial charge in [-0.05, 0) is 35.9 Å². The van der Waals surface area contributed by atoms with E-state index in [1.165, 1.54) is 0 Å². The van der Waals surface area contributed by atoms with Crippen molar-refractivity contribution in [3.63, 3.8) is 0 Å². The van der Waals surface area contributed by atoms with Gasteiger partial charge in [0.15, 0.2) is 11.5 Å². The highest BCUT2D eigenvalue weighted by Gasteiger charge is 2.17. The fraction of sp³-hybridized carbons (Fsp3) is 0.0333. The van der Waals surface area contributed by atoms with E-state index in [1.54, 1.807) is 24.9 Å². The molecule has 0 fully saturated rings. The minimum Gasteiger partial charge on any atom is -0.472 e. The summed E-state index contributed by atoms with van der Waals surface area (Å²) in [5, 5.41) is 10.5. The summed E-state index contributed by atoms with van der Waals surface area (Å²) in [5.74, 6) is 0.497. The summed E-state index contributed by atoms with van der Waals surface area (Å²) in [6.07, 6.45) is 6.98. The summed E-state index contributed by atoms with van der Waals surface area (Å²) in [5.41, 5.74) is 8.72. The number of para-hydroxylation sites is 1. The summed E-state index contributed by atoms with van der Waals surface area (Å²) in [7, 11) is 0. The summed E-state index contributed by atoms with van der Waals surface area (Å²) < 4.78 is 5.27. The number of nitrogens with one attached hydrogen (secondary N) is 3. The number of furan rings is 1. The molecule has 0 aliphatic rings. The van der Waals surface area contributed by atoms with Crippen LogP contribution in [-0.4, -0.2) is 36.0 Å². The fourth-order valence-corrected chi connectivity index (χ4v) is 4.65. The Morgan fingerprint density at radius 1 is 0.872 bits per heavy atom. The molecule has 188 valence electrons. The molecule has 0 bridgehead atoms. The lowest BCUT2D eigenvalue weighted by Gasteiger charge is -2.07. The highest BCUT2D eigenvalue weighted by molar-refractivity contribution is 5.96.